The predicted molar refractivity (Wildman–Crippen MR) is 279 cm³/mol. The average Bonchev–Trinajstić information content (AvgIpc) is 3.88. The first kappa shape index (κ1) is 39.4. The van der Waals surface area contributed by atoms with Gasteiger partial charge < -0.3 is 4.90 Å². The molecule has 0 saturated carbocycles. The minimum absolute atomic E-state index is 0.0429. The van der Waals surface area contributed by atoms with E-state index >= 15 is 0 Å². The lowest BCUT2D eigenvalue weighted by Crippen LogP contribution is -2.18. The van der Waals surface area contributed by atoms with E-state index in [1.54, 1.807) is 0 Å². The van der Waals surface area contributed by atoms with Crippen LogP contribution in [-0.4, -0.2) is 0 Å². The second-order valence-corrected chi connectivity index (χ2v) is 21.8. The number of nitrogens with zero attached hydrogens (tertiary/aromatic N) is 1. The summed E-state index contributed by atoms with van der Waals surface area (Å²) in [5.41, 5.74) is 29.0. The summed E-state index contributed by atoms with van der Waals surface area (Å²) < 4.78 is 0. The van der Waals surface area contributed by atoms with Gasteiger partial charge >= 0.3 is 0 Å². The zero-order chi connectivity index (χ0) is 45.2. The van der Waals surface area contributed by atoms with Crippen LogP contribution in [0.1, 0.15) is 105 Å². The molecule has 0 fully saturated rings. The van der Waals surface area contributed by atoms with Crippen LogP contribution in [0.2, 0.25) is 0 Å². The number of hydrogen-bond acceptors (Lipinski definition) is 1. The lowest BCUT2D eigenvalue weighted by Gasteiger charge is -2.30. The average molecular weight is 850 g/mol. The summed E-state index contributed by atoms with van der Waals surface area (Å²) in [6.07, 6.45) is 0. The fourth-order valence-corrected chi connectivity index (χ4v) is 13.0. The highest BCUT2D eigenvalue weighted by Crippen LogP contribution is 2.60. The third kappa shape index (κ3) is 5.12. The minimum Gasteiger partial charge on any atom is -0.310 e. The van der Waals surface area contributed by atoms with Crippen LogP contribution in [0, 0.1) is 6.92 Å². The van der Waals surface area contributed by atoms with Crippen LogP contribution < -0.4 is 4.90 Å². The Morgan fingerprint density at radius 2 is 0.697 bits per heavy atom. The Hall–Kier alpha value is -6.96. The van der Waals surface area contributed by atoms with Crippen molar-refractivity contribution in [2.24, 2.45) is 0 Å². The number of rotatable bonds is 4. The molecule has 9 aromatic rings. The molecule has 0 saturated heterocycles. The van der Waals surface area contributed by atoms with Crippen molar-refractivity contribution in [3.05, 3.63) is 220 Å². The Morgan fingerprint density at radius 3 is 1.29 bits per heavy atom. The predicted octanol–water partition coefficient (Wildman–Crippen LogP) is 17.5. The van der Waals surface area contributed by atoms with E-state index in [1.165, 1.54) is 134 Å². The van der Waals surface area contributed by atoms with Gasteiger partial charge in [0, 0.05) is 38.7 Å². The van der Waals surface area contributed by atoms with E-state index in [9.17, 15) is 0 Å². The molecule has 0 N–H and O–H groups in total. The van der Waals surface area contributed by atoms with E-state index in [1.807, 2.05) is 0 Å². The van der Waals surface area contributed by atoms with Gasteiger partial charge in [-0.15, -0.1) is 0 Å². The van der Waals surface area contributed by atoms with Gasteiger partial charge in [0.05, 0.1) is 0 Å². The quantitative estimate of drug-likeness (QED) is 0.171. The van der Waals surface area contributed by atoms with Crippen molar-refractivity contribution in [2.75, 3.05) is 4.90 Å². The highest BCUT2D eigenvalue weighted by Gasteiger charge is 2.44. The van der Waals surface area contributed by atoms with Gasteiger partial charge in [-0.3, -0.25) is 0 Å². The number of aryl methyl sites for hydroxylation is 1. The van der Waals surface area contributed by atoms with Gasteiger partial charge in [-0.2, -0.15) is 0 Å². The number of hydrogen-bond donors (Lipinski definition) is 0. The van der Waals surface area contributed by atoms with Gasteiger partial charge in [-0.05, 0) is 185 Å². The minimum atomic E-state index is -0.213. The molecule has 66 heavy (non-hydrogen) atoms. The summed E-state index contributed by atoms with van der Waals surface area (Å²) in [6, 6.07) is 65.3. The van der Waals surface area contributed by atoms with Crippen molar-refractivity contribution in [1.29, 1.82) is 0 Å². The molecule has 0 unspecified atom stereocenters. The SMILES string of the molecule is Cc1ccc(N(c2ccc3c(c2)C(C)(C)c2cc4c(cc2-3)C(C)(C)c2ccccc2-4)c2ccc3c(c2)C(C)(C)c2cc4c(cc2-3)C(C)(C)c2cc(-c3ccccc3)c3ccccc3c2-4)cc1. The van der Waals surface area contributed by atoms with Crippen LogP contribution in [0.15, 0.2) is 170 Å². The van der Waals surface area contributed by atoms with Crippen molar-refractivity contribution in [3.63, 3.8) is 0 Å². The molecule has 0 atom stereocenters. The number of anilines is 3. The monoisotopic (exact) mass is 849 g/mol. The summed E-state index contributed by atoms with van der Waals surface area (Å²) in [4.78, 5) is 2.49. The first-order chi connectivity index (χ1) is 31.7. The Labute approximate surface area is 390 Å². The standard InChI is InChI=1S/C65H55N/c1-38-23-25-40(26-24-38)66(41-27-29-45-50-35-56-49(34-57(50)63(4,5)54(45)31-41)44-20-15-16-22-53(44)62(56,2)3)42-28-30-46-51-36-59-52(37-58(51)64(6,7)55(46)32-42)61-47-21-14-13-19-43(47)48(33-60(61)65(59,8)9)39-17-11-10-12-18-39/h10-37H,1-9H3. The highest BCUT2D eigenvalue weighted by atomic mass is 15.1. The third-order valence-corrected chi connectivity index (χ3v) is 16.7. The summed E-state index contributed by atoms with van der Waals surface area (Å²) in [5.74, 6) is 0. The van der Waals surface area contributed by atoms with Crippen LogP contribution in [0.5, 0.6) is 0 Å². The summed E-state index contributed by atoms with van der Waals surface area (Å²) in [5, 5.41) is 2.65. The zero-order valence-corrected chi connectivity index (χ0v) is 39.6. The van der Waals surface area contributed by atoms with Crippen LogP contribution in [0.25, 0.3) is 66.4 Å². The van der Waals surface area contributed by atoms with Crippen molar-refractivity contribution in [3.8, 4) is 55.6 Å². The van der Waals surface area contributed by atoms with E-state index in [4.69, 9.17) is 0 Å². The molecule has 13 rings (SSSR count). The normalized spacial score (nSPS) is 16.4. The lowest BCUT2D eigenvalue weighted by atomic mass is 9.79. The molecular formula is C65H55N. The maximum Gasteiger partial charge on any atom is 0.0465 e. The molecule has 0 aromatic heterocycles. The Morgan fingerprint density at radius 1 is 0.288 bits per heavy atom. The van der Waals surface area contributed by atoms with Crippen LogP contribution in [-0.2, 0) is 21.7 Å². The van der Waals surface area contributed by atoms with E-state index in [2.05, 4.69) is 237 Å². The van der Waals surface area contributed by atoms with E-state index in [0.717, 1.165) is 0 Å². The molecule has 0 spiro atoms. The molecule has 0 amide bonds. The second kappa shape index (κ2) is 13.1. The molecule has 0 bridgehead atoms. The lowest BCUT2D eigenvalue weighted by molar-refractivity contribution is 0.652. The maximum absolute atomic E-state index is 2.57. The molecule has 4 aliphatic carbocycles. The van der Waals surface area contributed by atoms with E-state index in [0.29, 0.717) is 0 Å². The van der Waals surface area contributed by atoms with Crippen LogP contribution >= 0.6 is 0 Å². The van der Waals surface area contributed by atoms with Crippen molar-refractivity contribution in [1.82, 2.24) is 0 Å². The largest absolute Gasteiger partial charge is 0.310 e. The van der Waals surface area contributed by atoms with E-state index in [-0.39, 0.29) is 21.7 Å². The van der Waals surface area contributed by atoms with Crippen molar-refractivity contribution < 1.29 is 0 Å². The van der Waals surface area contributed by atoms with Crippen molar-refractivity contribution in [2.45, 2.75) is 84.0 Å². The molecule has 0 radical (unpaired) electrons. The smallest absolute Gasteiger partial charge is 0.0465 e. The fraction of sp³-hybridized carbons (Fsp3) is 0.200. The molecule has 0 aliphatic heterocycles. The van der Waals surface area contributed by atoms with Gasteiger partial charge in [0.25, 0.3) is 0 Å². The Kier molecular flexibility index (Phi) is 7.83. The van der Waals surface area contributed by atoms with Gasteiger partial charge in [-0.1, -0.05) is 164 Å². The summed E-state index contributed by atoms with van der Waals surface area (Å²) >= 11 is 0. The highest BCUT2D eigenvalue weighted by molar-refractivity contribution is 6.09. The molecule has 0 heterocycles. The summed E-state index contributed by atoms with van der Waals surface area (Å²) in [7, 11) is 0. The van der Waals surface area contributed by atoms with Crippen molar-refractivity contribution >= 4 is 27.8 Å². The van der Waals surface area contributed by atoms with Crippen LogP contribution in [0.4, 0.5) is 17.1 Å². The van der Waals surface area contributed by atoms with Gasteiger partial charge in [0.2, 0.25) is 0 Å². The Bertz CT molecular complexity index is 3580. The molecule has 4 aliphatic rings. The molecule has 9 aromatic carbocycles. The number of benzene rings is 9. The first-order valence-electron chi connectivity index (χ1n) is 23.9. The zero-order valence-electron chi connectivity index (χ0n) is 39.6. The summed E-state index contributed by atoms with van der Waals surface area (Å²) in [6.45, 7) is 21.5. The molecular weight excluding hydrogens is 795 g/mol. The maximum atomic E-state index is 2.57. The van der Waals surface area contributed by atoms with Crippen LogP contribution in [0.3, 0.4) is 0 Å². The van der Waals surface area contributed by atoms with E-state index < -0.39 is 0 Å². The first-order valence-corrected chi connectivity index (χ1v) is 23.9. The van der Waals surface area contributed by atoms with Gasteiger partial charge in [0.15, 0.2) is 0 Å². The second-order valence-electron chi connectivity index (χ2n) is 21.8. The topological polar surface area (TPSA) is 3.24 Å². The molecule has 1 heteroatoms. The molecule has 1 nitrogen and oxygen atoms in total. The fourth-order valence-electron chi connectivity index (χ4n) is 13.0. The van der Waals surface area contributed by atoms with Gasteiger partial charge in [-0.25, -0.2) is 0 Å². The third-order valence-electron chi connectivity index (χ3n) is 16.7. The number of fused-ring (bicyclic) bond motifs is 14. The molecule has 320 valence electrons. The van der Waals surface area contributed by atoms with Gasteiger partial charge in [0.1, 0.15) is 0 Å². The Balaban J connectivity index is 0.936.